The van der Waals surface area contributed by atoms with Gasteiger partial charge in [0, 0.05) is 56.1 Å². The summed E-state index contributed by atoms with van der Waals surface area (Å²) < 4.78 is 17.0. The number of rotatable bonds is 4. The Kier molecular flexibility index (Phi) is 6.35. The van der Waals surface area contributed by atoms with Crippen molar-refractivity contribution >= 4 is 87.7 Å². The Hall–Kier alpha value is -7.96. The van der Waals surface area contributed by atoms with Crippen LogP contribution in [0.1, 0.15) is 0 Å². The molecule has 0 unspecified atom stereocenters. The topological polar surface area (TPSA) is 61.9 Å². The van der Waals surface area contributed by atoms with Gasteiger partial charge < -0.3 is 18.0 Å². The maximum atomic E-state index is 6.12. The zero-order chi connectivity index (χ0) is 37.9. The van der Waals surface area contributed by atoms with Crippen molar-refractivity contribution in [2.45, 2.75) is 0 Å². The van der Waals surface area contributed by atoms with Crippen molar-refractivity contribution in [1.82, 2.24) is 19.1 Å². The van der Waals surface area contributed by atoms with Gasteiger partial charge in [0.25, 0.3) is 0 Å². The van der Waals surface area contributed by atoms with Crippen LogP contribution in [0, 0.1) is 0 Å². The highest BCUT2D eigenvalue weighted by Crippen LogP contribution is 2.41. The summed E-state index contributed by atoms with van der Waals surface area (Å²) in [7, 11) is 0. The standard InChI is InChI=1S/C52H30N4O2/c1-2-10-36(32-18-22-46-40(28-32)38-12-4-6-14-44(38)56(46)34-20-24-48-42(30-34)52-50(58-48)16-8-26-54-52)35(9-1)31-17-21-45-39(27-31)37-11-3-5-13-43(37)55(45)33-19-23-47-41(29-33)51-49(57-47)15-7-25-53-51/h1-30H. The van der Waals surface area contributed by atoms with Crippen LogP contribution in [0.2, 0.25) is 0 Å². The fraction of sp³-hybridized carbons (Fsp3) is 0. The molecule has 0 amide bonds. The number of hydrogen-bond donors (Lipinski definition) is 0. The lowest BCUT2D eigenvalue weighted by molar-refractivity contribution is 0.667. The van der Waals surface area contributed by atoms with Crippen LogP contribution in [0.3, 0.4) is 0 Å². The number of aromatic nitrogens is 4. The molecular weight excluding hydrogens is 713 g/mol. The Morgan fingerprint density at radius 2 is 0.776 bits per heavy atom. The number of pyridine rings is 2. The molecule has 0 saturated heterocycles. The first kappa shape index (κ1) is 31.3. The van der Waals surface area contributed by atoms with Gasteiger partial charge >= 0.3 is 0 Å². The fourth-order valence-corrected chi connectivity index (χ4v) is 9.27. The van der Waals surface area contributed by atoms with Crippen LogP contribution in [0.4, 0.5) is 0 Å². The van der Waals surface area contributed by atoms with Gasteiger partial charge in [0.2, 0.25) is 0 Å². The minimum absolute atomic E-state index is 0.795. The summed E-state index contributed by atoms with van der Waals surface area (Å²) in [5, 5.41) is 6.84. The summed E-state index contributed by atoms with van der Waals surface area (Å²) in [4.78, 5) is 9.30. The summed E-state index contributed by atoms with van der Waals surface area (Å²) in [5.74, 6) is 0. The average Bonchev–Trinajstić information content (AvgIpc) is 4.03. The Bertz CT molecular complexity index is 3570. The zero-order valence-corrected chi connectivity index (χ0v) is 30.9. The van der Waals surface area contributed by atoms with Crippen molar-refractivity contribution in [3.8, 4) is 33.6 Å². The Morgan fingerprint density at radius 1 is 0.328 bits per heavy atom. The molecule has 0 radical (unpaired) electrons. The molecule has 0 saturated carbocycles. The number of fused-ring (bicyclic) bond motifs is 12. The largest absolute Gasteiger partial charge is 0.454 e. The van der Waals surface area contributed by atoms with E-state index in [9.17, 15) is 0 Å². The zero-order valence-electron chi connectivity index (χ0n) is 30.9. The van der Waals surface area contributed by atoms with Gasteiger partial charge in [-0.25, -0.2) is 0 Å². The van der Waals surface area contributed by atoms with Crippen LogP contribution < -0.4 is 0 Å². The lowest BCUT2D eigenvalue weighted by atomic mass is 9.93. The van der Waals surface area contributed by atoms with E-state index < -0.39 is 0 Å². The minimum Gasteiger partial charge on any atom is -0.454 e. The van der Waals surface area contributed by atoms with E-state index in [2.05, 4.69) is 165 Å². The molecule has 7 aromatic carbocycles. The summed E-state index contributed by atoms with van der Waals surface area (Å²) in [6.07, 6.45) is 3.64. The minimum atomic E-state index is 0.795. The molecule has 0 atom stereocenters. The van der Waals surface area contributed by atoms with Crippen LogP contribution in [0.15, 0.2) is 191 Å². The van der Waals surface area contributed by atoms with Gasteiger partial charge in [-0.05, 0) is 119 Å². The van der Waals surface area contributed by atoms with Crippen molar-refractivity contribution < 1.29 is 8.83 Å². The molecule has 0 bridgehead atoms. The summed E-state index contributed by atoms with van der Waals surface area (Å²) in [5.41, 5.74) is 16.5. The third kappa shape index (κ3) is 4.42. The molecule has 0 N–H and O–H groups in total. The van der Waals surface area contributed by atoms with Gasteiger partial charge in [0.1, 0.15) is 22.2 Å². The van der Waals surface area contributed by atoms with E-state index in [-0.39, 0.29) is 0 Å². The van der Waals surface area contributed by atoms with Crippen LogP contribution in [0.25, 0.3) is 121 Å². The summed E-state index contributed by atoms with van der Waals surface area (Å²) >= 11 is 0. The number of hydrogen-bond acceptors (Lipinski definition) is 4. The summed E-state index contributed by atoms with van der Waals surface area (Å²) in [6, 6.07) is 60.4. The first-order valence-electron chi connectivity index (χ1n) is 19.5. The predicted molar refractivity (Wildman–Crippen MR) is 236 cm³/mol. The van der Waals surface area contributed by atoms with Crippen LogP contribution in [-0.4, -0.2) is 19.1 Å². The van der Waals surface area contributed by atoms with E-state index in [1.807, 2.05) is 36.7 Å². The monoisotopic (exact) mass is 742 g/mol. The molecule has 6 nitrogen and oxygen atoms in total. The number of furan rings is 2. The molecule has 58 heavy (non-hydrogen) atoms. The van der Waals surface area contributed by atoms with E-state index in [1.165, 1.54) is 43.8 Å². The van der Waals surface area contributed by atoms with Crippen molar-refractivity contribution in [3.05, 3.63) is 182 Å². The van der Waals surface area contributed by atoms with Gasteiger partial charge in [0.15, 0.2) is 11.2 Å². The highest BCUT2D eigenvalue weighted by Gasteiger charge is 2.19. The highest BCUT2D eigenvalue weighted by atomic mass is 16.3. The van der Waals surface area contributed by atoms with E-state index in [0.29, 0.717) is 0 Å². The van der Waals surface area contributed by atoms with Crippen LogP contribution in [0.5, 0.6) is 0 Å². The maximum absolute atomic E-state index is 6.12. The first-order valence-corrected chi connectivity index (χ1v) is 19.5. The van der Waals surface area contributed by atoms with E-state index >= 15 is 0 Å². The van der Waals surface area contributed by atoms with E-state index in [1.54, 1.807) is 0 Å². The average molecular weight is 743 g/mol. The quantitative estimate of drug-likeness (QED) is 0.180. The smallest absolute Gasteiger partial charge is 0.153 e. The normalized spacial score (nSPS) is 12.1. The van der Waals surface area contributed by atoms with Gasteiger partial charge in [-0.1, -0.05) is 72.8 Å². The Balaban J connectivity index is 0.963. The molecule has 6 heteroatoms. The first-order chi connectivity index (χ1) is 28.7. The van der Waals surface area contributed by atoms with Crippen LogP contribution in [-0.2, 0) is 0 Å². The Labute approximate surface area is 330 Å². The molecule has 0 spiro atoms. The SMILES string of the molecule is c1ccc(-c2ccc3c(c2)c2ccccc2n3-c2ccc3oc4cccnc4c3c2)c(-c2ccc3c(c2)c2ccccc2n3-c2ccc3oc4cccnc4c3c2)c1. The third-order valence-corrected chi connectivity index (χ3v) is 11.8. The van der Waals surface area contributed by atoms with E-state index in [4.69, 9.17) is 8.83 Å². The molecule has 0 fully saturated rings. The third-order valence-electron chi connectivity index (χ3n) is 11.8. The number of benzene rings is 7. The second-order valence-corrected chi connectivity index (χ2v) is 15.0. The highest BCUT2D eigenvalue weighted by molar-refractivity contribution is 6.13. The van der Waals surface area contributed by atoms with Gasteiger partial charge in [0.05, 0.1) is 22.1 Å². The number of para-hydroxylation sites is 2. The van der Waals surface area contributed by atoms with Gasteiger partial charge in [-0.2, -0.15) is 0 Å². The molecule has 6 heterocycles. The van der Waals surface area contributed by atoms with Crippen LogP contribution >= 0.6 is 0 Å². The molecule has 0 aliphatic heterocycles. The van der Waals surface area contributed by atoms with Crippen molar-refractivity contribution in [2.24, 2.45) is 0 Å². The Morgan fingerprint density at radius 3 is 1.28 bits per heavy atom. The van der Waals surface area contributed by atoms with Crippen molar-refractivity contribution in [1.29, 1.82) is 0 Å². The molecule has 6 aromatic heterocycles. The van der Waals surface area contributed by atoms with E-state index in [0.717, 1.165) is 77.6 Å². The molecule has 13 rings (SSSR count). The second-order valence-electron chi connectivity index (χ2n) is 15.0. The molecule has 0 aliphatic carbocycles. The lowest BCUT2D eigenvalue weighted by Gasteiger charge is -2.12. The molecule has 270 valence electrons. The molecule has 13 aromatic rings. The summed E-state index contributed by atoms with van der Waals surface area (Å²) in [6.45, 7) is 0. The van der Waals surface area contributed by atoms with Gasteiger partial charge in [-0.3, -0.25) is 9.97 Å². The second kappa shape index (κ2) is 11.8. The van der Waals surface area contributed by atoms with Crippen molar-refractivity contribution in [3.63, 3.8) is 0 Å². The predicted octanol–water partition coefficient (Wildman–Crippen LogP) is 13.8. The van der Waals surface area contributed by atoms with Gasteiger partial charge in [-0.15, -0.1) is 0 Å². The molecule has 0 aliphatic rings. The lowest BCUT2D eigenvalue weighted by Crippen LogP contribution is -1.94. The maximum Gasteiger partial charge on any atom is 0.153 e. The fourth-order valence-electron chi connectivity index (χ4n) is 9.27. The van der Waals surface area contributed by atoms with Crippen molar-refractivity contribution in [2.75, 3.05) is 0 Å². The number of nitrogens with zero attached hydrogens (tertiary/aromatic N) is 4. The molecular formula is C52H30N4O2.